The second kappa shape index (κ2) is 11.6. The van der Waals surface area contributed by atoms with Crippen molar-refractivity contribution in [3.63, 3.8) is 0 Å². The lowest BCUT2D eigenvalue weighted by atomic mass is 9.97. The Balaban J connectivity index is 0.000000709. The molecule has 0 saturated carbocycles. The van der Waals surface area contributed by atoms with Crippen LogP contribution in [0.5, 0.6) is 0 Å². The fourth-order valence-electron chi connectivity index (χ4n) is 4.29. The number of amides is 2. The number of hydrogen-bond donors (Lipinski definition) is 3. The Kier molecular flexibility index (Phi) is 8.60. The zero-order valence-corrected chi connectivity index (χ0v) is 19.4. The molecule has 0 aromatic heterocycles. The lowest BCUT2D eigenvalue weighted by Gasteiger charge is -2.19. The maximum Gasteiger partial charge on any atom is 0.300 e. The van der Waals surface area contributed by atoms with Crippen LogP contribution in [-0.4, -0.2) is 42.5 Å². The second-order valence-corrected chi connectivity index (χ2v) is 8.77. The first kappa shape index (κ1) is 24.5. The number of nitrogens with zero attached hydrogens (tertiary/aromatic N) is 1. The van der Waals surface area contributed by atoms with Gasteiger partial charge in [-0.25, -0.2) is 0 Å². The highest BCUT2D eigenvalue weighted by molar-refractivity contribution is 5.98. The number of anilines is 2. The number of aliphatic carboxylic acids is 1. The lowest BCUT2D eigenvalue weighted by Crippen LogP contribution is -2.24. The minimum absolute atomic E-state index is 0.0414. The number of carbonyl (C=O) groups is 3. The third kappa shape index (κ3) is 7.43. The molecule has 0 aliphatic carbocycles. The van der Waals surface area contributed by atoms with Crippen LogP contribution in [0.2, 0.25) is 0 Å². The van der Waals surface area contributed by atoms with Gasteiger partial charge in [-0.15, -0.1) is 0 Å². The topological polar surface area (TPSA) is 98.7 Å². The van der Waals surface area contributed by atoms with Gasteiger partial charge in [0.25, 0.3) is 5.97 Å². The normalized spacial score (nSPS) is 17.5. The maximum atomic E-state index is 12.5. The first-order valence-electron chi connectivity index (χ1n) is 11.5. The zero-order valence-electron chi connectivity index (χ0n) is 19.4. The van der Waals surface area contributed by atoms with Crippen LogP contribution in [0, 0.1) is 12.8 Å². The van der Waals surface area contributed by atoms with E-state index >= 15 is 0 Å². The predicted molar refractivity (Wildman–Crippen MR) is 130 cm³/mol. The first-order valence-corrected chi connectivity index (χ1v) is 11.5. The molecule has 3 N–H and O–H groups in total. The Labute approximate surface area is 195 Å². The first-order chi connectivity index (χ1) is 15.8. The van der Waals surface area contributed by atoms with Crippen molar-refractivity contribution < 1.29 is 19.5 Å². The number of carbonyl (C=O) groups excluding carboxylic acids is 2. The summed E-state index contributed by atoms with van der Waals surface area (Å²) in [6.45, 7) is 6.05. The van der Waals surface area contributed by atoms with Crippen LogP contribution in [0.15, 0.2) is 42.5 Å². The van der Waals surface area contributed by atoms with Gasteiger partial charge < -0.3 is 20.6 Å². The van der Waals surface area contributed by atoms with Gasteiger partial charge in [0, 0.05) is 31.3 Å². The Bertz CT molecular complexity index is 978. The number of carboxylic acid groups (broad SMARTS) is 1. The molecule has 1 unspecified atom stereocenters. The average Bonchev–Trinajstić information content (AvgIpc) is 3.42. The minimum Gasteiger partial charge on any atom is -0.481 e. The summed E-state index contributed by atoms with van der Waals surface area (Å²) in [7, 11) is 0. The smallest absolute Gasteiger partial charge is 0.300 e. The highest BCUT2D eigenvalue weighted by atomic mass is 16.4. The van der Waals surface area contributed by atoms with E-state index in [-0.39, 0.29) is 11.8 Å². The summed E-state index contributed by atoms with van der Waals surface area (Å²) in [6, 6.07) is 14.2. The van der Waals surface area contributed by atoms with Gasteiger partial charge in [-0.3, -0.25) is 14.4 Å². The molecule has 2 aromatic rings. The molecule has 2 amide bonds. The van der Waals surface area contributed by atoms with E-state index in [4.69, 9.17) is 9.90 Å². The number of aryl methyl sites for hydroxylation is 1. The molecular weight excluding hydrogens is 418 g/mol. The summed E-state index contributed by atoms with van der Waals surface area (Å²) in [5, 5.41) is 13.8. The second-order valence-electron chi connectivity index (χ2n) is 8.77. The van der Waals surface area contributed by atoms with E-state index in [1.165, 1.54) is 12.0 Å². The number of benzene rings is 2. The van der Waals surface area contributed by atoms with Crippen LogP contribution in [0.4, 0.5) is 11.4 Å². The average molecular weight is 452 g/mol. The molecule has 2 aliphatic rings. The van der Waals surface area contributed by atoms with E-state index in [1.54, 1.807) is 0 Å². The molecule has 1 atom stereocenters. The van der Waals surface area contributed by atoms with Crippen LogP contribution < -0.4 is 15.5 Å². The summed E-state index contributed by atoms with van der Waals surface area (Å²) in [4.78, 5) is 35.4. The Hall–Kier alpha value is -3.19. The molecule has 2 fully saturated rings. The largest absolute Gasteiger partial charge is 0.481 e. The zero-order chi connectivity index (χ0) is 23.8. The lowest BCUT2D eigenvalue weighted by molar-refractivity contribution is -0.134. The summed E-state index contributed by atoms with van der Waals surface area (Å²) in [6.07, 6.45) is 4.18. The van der Waals surface area contributed by atoms with Gasteiger partial charge in [0.2, 0.25) is 11.8 Å². The monoisotopic (exact) mass is 451 g/mol. The molecule has 2 aliphatic heterocycles. The Morgan fingerprint density at radius 1 is 1.15 bits per heavy atom. The van der Waals surface area contributed by atoms with Gasteiger partial charge in [-0.05, 0) is 74.0 Å². The number of nitrogens with one attached hydrogen (secondary N) is 2. The minimum atomic E-state index is -0.833. The molecule has 4 rings (SSSR count). The van der Waals surface area contributed by atoms with Gasteiger partial charge in [0.1, 0.15) is 0 Å². The fourth-order valence-corrected chi connectivity index (χ4v) is 4.29. The van der Waals surface area contributed by atoms with Gasteiger partial charge >= 0.3 is 0 Å². The van der Waals surface area contributed by atoms with E-state index in [2.05, 4.69) is 34.9 Å². The van der Waals surface area contributed by atoms with Crippen LogP contribution in [0.25, 0.3) is 0 Å². The predicted octanol–water partition coefficient (Wildman–Crippen LogP) is 3.55. The summed E-state index contributed by atoms with van der Waals surface area (Å²) in [5.41, 5.74) is 5.03. The standard InChI is InChI=1S/C24H29N3O2.C2H4O2/c1-17-4-9-21(15-22(17)27-12-2-3-24(27)29)26-23(28)14-19-7-5-18(6-8-19)13-20-10-11-25-16-20;1-2(3)4/h4-9,15,20,25H,2-3,10-14,16H2,1H3,(H,26,28);1H3,(H,3,4). The van der Waals surface area contributed by atoms with E-state index in [9.17, 15) is 9.59 Å². The highest BCUT2D eigenvalue weighted by Gasteiger charge is 2.23. The molecule has 2 saturated heterocycles. The Morgan fingerprint density at radius 2 is 1.85 bits per heavy atom. The number of rotatable bonds is 6. The van der Waals surface area contributed by atoms with Crippen molar-refractivity contribution in [2.24, 2.45) is 5.92 Å². The number of hydrogen-bond acceptors (Lipinski definition) is 4. The summed E-state index contributed by atoms with van der Waals surface area (Å²) < 4.78 is 0. The van der Waals surface area contributed by atoms with Crippen molar-refractivity contribution in [1.29, 1.82) is 0 Å². The molecule has 7 heteroatoms. The third-order valence-corrected chi connectivity index (χ3v) is 5.93. The molecule has 2 heterocycles. The summed E-state index contributed by atoms with van der Waals surface area (Å²) >= 11 is 0. The Morgan fingerprint density at radius 3 is 2.45 bits per heavy atom. The maximum absolute atomic E-state index is 12.5. The third-order valence-electron chi connectivity index (χ3n) is 5.93. The number of carboxylic acids is 1. The molecule has 0 spiro atoms. The van der Waals surface area contributed by atoms with E-state index < -0.39 is 5.97 Å². The van der Waals surface area contributed by atoms with Gasteiger partial charge in [0.15, 0.2) is 0 Å². The molecule has 0 radical (unpaired) electrons. The van der Waals surface area contributed by atoms with Crippen LogP contribution in [0.3, 0.4) is 0 Å². The van der Waals surface area contributed by atoms with Crippen molar-refractivity contribution in [3.05, 3.63) is 59.2 Å². The van der Waals surface area contributed by atoms with Crippen LogP contribution >= 0.6 is 0 Å². The van der Waals surface area contributed by atoms with Crippen molar-refractivity contribution in [3.8, 4) is 0 Å². The van der Waals surface area contributed by atoms with E-state index in [0.717, 1.165) is 67.8 Å². The van der Waals surface area contributed by atoms with E-state index in [0.29, 0.717) is 12.8 Å². The van der Waals surface area contributed by atoms with Crippen molar-refractivity contribution >= 4 is 29.2 Å². The summed E-state index contributed by atoms with van der Waals surface area (Å²) in [5.74, 6) is 0.00714. The molecule has 2 aromatic carbocycles. The van der Waals surface area contributed by atoms with Crippen molar-refractivity contribution in [1.82, 2.24) is 5.32 Å². The van der Waals surface area contributed by atoms with Crippen molar-refractivity contribution in [2.45, 2.75) is 46.0 Å². The molecule has 0 bridgehead atoms. The SMILES string of the molecule is CC(=O)O.Cc1ccc(NC(=O)Cc2ccc(CC3CCNC3)cc2)cc1N1CCCC1=O. The highest BCUT2D eigenvalue weighted by Crippen LogP contribution is 2.28. The van der Waals surface area contributed by atoms with E-state index in [1.807, 2.05) is 30.0 Å². The van der Waals surface area contributed by atoms with Crippen molar-refractivity contribution in [2.75, 3.05) is 29.9 Å². The molecule has 33 heavy (non-hydrogen) atoms. The van der Waals surface area contributed by atoms with Gasteiger partial charge in [-0.2, -0.15) is 0 Å². The quantitative estimate of drug-likeness (QED) is 0.624. The molecule has 176 valence electrons. The van der Waals surface area contributed by atoms with Gasteiger partial charge in [-0.1, -0.05) is 30.3 Å². The van der Waals surface area contributed by atoms with Gasteiger partial charge in [0.05, 0.1) is 6.42 Å². The fraction of sp³-hybridized carbons (Fsp3) is 0.423. The van der Waals surface area contributed by atoms with Crippen LogP contribution in [-0.2, 0) is 27.2 Å². The molecule has 7 nitrogen and oxygen atoms in total. The molecular formula is C26H33N3O4. The van der Waals surface area contributed by atoms with Crippen LogP contribution in [0.1, 0.15) is 42.9 Å².